The molecule has 3 atom stereocenters. The van der Waals surface area contributed by atoms with E-state index in [0.29, 0.717) is 18.4 Å². The first-order valence-electron chi connectivity index (χ1n) is 11.1. The van der Waals surface area contributed by atoms with Crippen LogP contribution < -0.4 is 0 Å². The molecule has 1 unspecified atom stereocenters. The smallest absolute Gasteiger partial charge is 0.230 e. The molecule has 2 saturated heterocycles. The topological polar surface area (TPSA) is 43.9 Å². The molecule has 0 bridgehead atoms. The van der Waals surface area contributed by atoms with E-state index in [9.17, 15) is 9.59 Å². The molecule has 1 aliphatic carbocycles. The van der Waals surface area contributed by atoms with E-state index in [0.717, 1.165) is 44.5 Å². The lowest BCUT2D eigenvalue weighted by molar-refractivity contribution is -0.140. The average Bonchev–Trinajstić information content (AvgIpc) is 3.15. The summed E-state index contributed by atoms with van der Waals surface area (Å²) in [4.78, 5) is 33.1. The minimum Gasteiger partial charge on any atom is -0.340 e. The predicted octanol–water partition coefficient (Wildman–Crippen LogP) is 2.83. The largest absolute Gasteiger partial charge is 0.340 e. The third-order valence-corrected chi connectivity index (χ3v) is 7.14. The van der Waals surface area contributed by atoms with Gasteiger partial charge in [-0.15, -0.1) is 0 Å². The molecule has 0 N–H and O–H groups in total. The van der Waals surface area contributed by atoms with Crippen LogP contribution in [0.2, 0.25) is 0 Å². The van der Waals surface area contributed by atoms with Crippen molar-refractivity contribution in [3.8, 4) is 0 Å². The van der Waals surface area contributed by atoms with E-state index < -0.39 is 0 Å². The highest BCUT2D eigenvalue weighted by Crippen LogP contribution is 2.49. The molecule has 3 fully saturated rings. The molecule has 3 aliphatic rings. The van der Waals surface area contributed by atoms with Gasteiger partial charge in [-0.2, -0.15) is 0 Å². The van der Waals surface area contributed by atoms with Gasteiger partial charge >= 0.3 is 0 Å². The van der Waals surface area contributed by atoms with Crippen LogP contribution in [0.1, 0.15) is 44.6 Å². The summed E-state index contributed by atoms with van der Waals surface area (Å²) in [7, 11) is 4.09. The highest BCUT2D eigenvalue weighted by atomic mass is 16.2. The lowest BCUT2D eigenvalue weighted by Gasteiger charge is -2.31. The number of rotatable bonds is 6. The highest BCUT2D eigenvalue weighted by Gasteiger charge is 2.56. The molecular formula is C24H35N3O2. The van der Waals surface area contributed by atoms with Gasteiger partial charge in [0.1, 0.15) is 0 Å². The van der Waals surface area contributed by atoms with E-state index in [1.165, 1.54) is 0 Å². The summed E-state index contributed by atoms with van der Waals surface area (Å²) >= 11 is 0. The molecular weight excluding hydrogens is 362 g/mol. The van der Waals surface area contributed by atoms with E-state index in [1.807, 2.05) is 37.2 Å². The van der Waals surface area contributed by atoms with E-state index in [4.69, 9.17) is 0 Å². The molecule has 4 rings (SSSR count). The molecule has 1 saturated carbocycles. The monoisotopic (exact) mass is 397 g/mol. The Morgan fingerprint density at radius 3 is 2.41 bits per heavy atom. The molecule has 1 aromatic rings. The molecule has 158 valence electrons. The lowest BCUT2D eigenvalue weighted by atomic mass is 9.87. The number of fused-ring (bicyclic) bond motifs is 1. The maximum Gasteiger partial charge on any atom is 0.230 e. The number of nitrogens with zero attached hydrogens (tertiary/aromatic N) is 3. The first-order chi connectivity index (χ1) is 13.8. The molecule has 1 aromatic carbocycles. The van der Waals surface area contributed by atoms with Gasteiger partial charge in [-0.1, -0.05) is 44.2 Å². The number of likely N-dealkylation sites (tertiary alicyclic amines) is 2. The Morgan fingerprint density at radius 1 is 1.14 bits per heavy atom. The molecule has 0 aromatic heterocycles. The standard InChI is InChI=1S/C24H35N3O2/c1-17(2)21(18-8-6-5-7-9-18)22(28)26-14-19-10-13-27(20(19)15-26)23(29)24(11-12-24)16-25(3)4/h5-9,17,19-21H,10-16H2,1-4H3/t19-,20+,21?/m0/s1. The Kier molecular flexibility index (Phi) is 5.45. The van der Waals surface area contributed by atoms with Crippen LogP contribution in [0.25, 0.3) is 0 Å². The number of amides is 2. The zero-order chi connectivity index (χ0) is 20.8. The number of carbonyl (C=O) groups excluding carboxylic acids is 2. The van der Waals surface area contributed by atoms with Crippen molar-refractivity contribution in [2.45, 2.75) is 45.1 Å². The van der Waals surface area contributed by atoms with Crippen LogP contribution in [-0.4, -0.2) is 72.8 Å². The average molecular weight is 398 g/mol. The third kappa shape index (κ3) is 3.81. The summed E-state index contributed by atoms with van der Waals surface area (Å²) in [6.07, 6.45) is 3.03. The van der Waals surface area contributed by atoms with Crippen LogP contribution in [0, 0.1) is 17.3 Å². The molecule has 2 amide bonds. The van der Waals surface area contributed by atoms with E-state index in [1.54, 1.807) is 0 Å². The second-order valence-electron chi connectivity index (χ2n) is 10.0. The summed E-state index contributed by atoms with van der Waals surface area (Å²) < 4.78 is 0. The van der Waals surface area contributed by atoms with Crippen LogP contribution in [0.5, 0.6) is 0 Å². The van der Waals surface area contributed by atoms with Crippen molar-refractivity contribution >= 4 is 11.8 Å². The molecule has 2 heterocycles. The summed E-state index contributed by atoms with van der Waals surface area (Å²) in [5.41, 5.74) is 0.931. The summed E-state index contributed by atoms with van der Waals surface area (Å²) in [5, 5.41) is 0. The molecule has 5 heteroatoms. The minimum absolute atomic E-state index is 0.109. The Morgan fingerprint density at radius 2 is 1.83 bits per heavy atom. The van der Waals surface area contributed by atoms with Crippen molar-refractivity contribution in [1.82, 2.24) is 14.7 Å². The summed E-state index contributed by atoms with van der Waals surface area (Å²) in [6.45, 7) is 7.44. The van der Waals surface area contributed by atoms with Crippen LogP contribution in [0.4, 0.5) is 0 Å². The summed E-state index contributed by atoms with van der Waals surface area (Å²) in [5.74, 6) is 1.13. The van der Waals surface area contributed by atoms with Gasteiger partial charge in [0.2, 0.25) is 11.8 Å². The highest BCUT2D eigenvalue weighted by molar-refractivity contribution is 5.87. The van der Waals surface area contributed by atoms with E-state index in [-0.39, 0.29) is 29.2 Å². The number of benzene rings is 1. The maximum absolute atomic E-state index is 13.5. The van der Waals surface area contributed by atoms with Crippen LogP contribution in [0.3, 0.4) is 0 Å². The number of hydrogen-bond acceptors (Lipinski definition) is 3. The summed E-state index contributed by atoms with van der Waals surface area (Å²) in [6, 6.07) is 10.3. The van der Waals surface area contributed by atoms with Crippen molar-refractivity contribution in [1.29, 1.82) is 0 Å². The van der Waals surface area contributed by atoms with Gasteiger partial charge in [-0.05, 0) is 44.8 Å². The van der Waals surface area contributed by atoms with Gasteiger partial charge in [0.15, 0.2) is 0 Å². The van der Waals surface area contributed by atoms with Gasteiger partial charge in [-0.25, -0.2) is 0 Å². The van der Waals surface area contributed by atoms with Crippen molar-refractivity contribution in [3.05, 3.63) is 35.9 Å². The Labute approximate surface area is 175 Å². The van der Waals surface area contributed by atoms with Gasteiger partial charge in [0, 0.05) is 32.1 Å². The van der Waals surface area contributed by atoms with Crippen molar-refractivity contribution in [3.63, 3.8) is 0 Å². The quantitative estimate of drug-likeness (QED) is 0.741. The first kappa shape index (κ1) is 20.4. The maximum atomic E-state index is 13.5. The number of carbonyl (C=O) groups is 2. The van der Waals surface area contributed by atoms with E-state index in [2.05, 4.69) is 35.8 Å². The van der Waals surface area contributed by atoms with Crippen LogP contribution >= 0.6 is 0 Å². The minimum atomic E-state index is -0.166. The SMILES string of the molecule is CC(C)C(C(=O)N1C[C@@H]2CCN(C(=O)C3(CN(C)C)CC3)[C@@H]2C1)c1ccccc1. The van der Waals surface area contributed by atoms with Crippen molar-refractivity contribution in [2.24, 2.45) is 17.3 Å². The molecule has 5 nitrogen and oxygen atoms in total. The predicted molar refractivity (Wildman–Crippen MR) is 114 cm³/mol. The zero-order valence-corrected chi connectivity index (χ0v) is 18.3. The Balaban J connectivity index is 1.47. The Bertz CT molecular complexity index is 757. The van der Waals surface area contributed by atoms with Crippen molar-refractivity contribution < 1.29 is 9.59 Å². The molecule has 2 aliphatic heterocycles. The normalized spacial score (nSPS) is 26.1. The molecule has 0 spiro atoms. The van der Waals surface area contributed by atoms with Crippen molar-refractivity contribution in [2.75, 3.05) is 40.3 Å². The van der Waals surface area contributed by atoms with Gasteiger partial charge in [0.05, 0.1) is 17.4 Å². The molecule has 29 heavy (non-hydrogen) atoms. The Hall–Kier alpha value is -1.88. The molecule has 0 radical (unpaired) electrons. The second-order valence-corrected chi connectivity index (χ2v) is 10.0. The fourth-order valence-electron chi connectivity index (χ4n) is 5.56. The van der Waals surface area contributed by atoms with Gasteiger partial charge < -0.3 is 14.7 Å². The lowest BCUT2D eigenvalue weighted by Crippen LogP contribution is -2.47. The van der Waals surface area contributed by atoms with Gasteiger partial charge in [0.25, 0.3) is 0 Å². The van der Waals surface area contributed by atoms with Crippen LogP contribution in [0.15, 0.2) is 30.3 Å². The third-order valence-electron chi connectivity index (χ3n) is 7.14. The number of hydrogen-bond donors (Lipinski definition) is 0. The first-order valence-corrected chi connectivity index (χ1v) is 11.1. The van der Waals surface area contributed by atoms with E-state index >= 15 is 0 Å². The van der Waals surface area contributed by atoms with Crippen LogP contribution in [-0.2, 0) is 9.59 Å². The zero-order valence-electron chi connectivity index (χ0n) is 18.3. The fourth-order valence-corrected chi connectivity index (χ4v) is 5.56. The second kappa shape index (κ2) is 7.75. The fraction of sp³-hybridized carbons (Fsp3) is 0.667. The van der Waals surface area contributed by atoms with Gasteiger partial charge in [-0.3, -0.25) is 9.59 Å².